The van der Waals surface area contributed by atoms with Crippen LogP contribution in [0.15, 0.2) is 59.6 Å². The minimum absolute atomic E-state index is 0. The quantitative estimate of drug-likeness (QED) is 0.409. The van der Waals surface area contributed by atoms with Crippen LogP contribution in [0.3, 0.4) is 0 Å². The minimum atomic E-state index is -3.56. The molecule has 2 N–H and O–H groups in total. The number of sulfonamides is 1. The van der Waals surface area contributed by atoms with Gasteiger partial charge in [0.2, 0.25) is 16.0 Å². The van der Waals surface area contributed by atoms with Crippen LogP contribution in [0.4, 0.5) is 28.8 Å². The van der Waals surface area contributed by atoms with E-state index in [1.807, 2.05) is 32.0 Å². The summed E-state index contributed by atoms with van der Waals surface area (Å²) in [7, 11) is -1.40. The molecule has 3 aromatic rings. The molecule has 1 atom stereocenters. The summed E-state index contributed by atoms with van der Waals surface area (Å²) in [6.45, 7) is 8.67. The van der Waals surface area contributed by atoms with Gasteiger partial charge in [0, 0.05) is 67.6 Å². The highest BCUT2D eigenvalue weighted by Crippen LogP contribution is 2.28. The molecule has 11 heteroatoms. The molecule has 5 rings (SSSR count). The Hall–Kier alpha value is -2.92. The molecule has 0 amide bonds. The average Bonchev–Trinajstić information content (AvgIpc) is 2.92. The molecule has 0 aliphatic carbocycles. The van der Waals surface area contributed by atoms with Gasteiger partial charge >= 0.3 is 0 Å². The lowest BCUT2D eigenvalue weighted by Gasteiger charge is -2.34. The second kappa shape index (κ2) is 12.5. The summed E-state index contributed by atoms with van der Waals surface area (Å²) in [6, 6.07) is 15.3. The van der Waals surface area contributed by atoms with Crippen LogP contribution >= 0.6 is 12.4 Å². The van der Waals surface area contributed by atoms with Crippen molar-refractivity contribution >= 4 is 51.3 Å². The summed E-state index contributed by atoms with van der Waals surface area (Å²) in [5.74, 6) is 1.09. The van der Waals surface area contributed by atoms with E-state index < -0.39 is 10.0 Å². The van der Waals surface area contributed by atoms with E-state index in [1.165, 1.54) is 5.69 Å². The van der Waals surface area contributed by atoms with Gasteiger partial charge in [-0.15, -0.1) is 12.4 Å². The van der Waals surface area contributed by atoms with E-state index in [0.717, 1.165) is 56.7 Å². The molecule has 1 unspecified atom stereocenters. The molecule has 9 nitrogen and oxygen atoms in total. The zero-order chi connectivity index (χ0) is 26.7. The molecule has 0 radical (unpaired) electrons. The van der Waals surface area contributed by atoms with Crippen molar-refractivity contribution in [1.82, 2.24) is 19.2 Å². The first-order valence-electron chi connectivity index (χ1n) is 13.3. The Labute approximate surface area is 238 Å². The lowest BCUT2D eigenvalue weighted by Crippen LogP contribution is -2.44. The molecule has 2 aliphatic heterocycles. The maximum absolute atomic E-state index is 13.3. The van der Waals surface area contributed by atoms with Gasteiger partial charge in [0.15, 0.2) is 0 Å². The largest absolute Gasteiger partial charge is 0.369 e. The summed E-state index contributed by atoms with van der Waals surface area (Å²) in [4.78, 5) is 14.1. The number of likely N-dealkylation sites (N-methyl/N-ethyl adjacent to an activating group) is 1. The van der Waals surface area contributed by atoms with Gasteiger partial charge in [-0.25, -0.2) is 13.4 Å². The number of hydrogen-bond acceptors (Lipinski definition) is 8. The molecule has 0 spiro atoms. The maximum Gasteiger partial charge on any atom is 0.243 e. The fourth-order valence-corrected chi connectivity index (χ4v) is 6.76. The molecule has 0 bridgehead atoms. The number of nitrogens with one attached hydrogen (secondary N) is 2. The molecule has 2 aromatic carbocycles. The van der Waals surface area contributed by atoms with Gasteiger partial charge in [0.05, 0.1) is 4.90 Å². The Balaban J connectivity index is 0.00000353. The summed E-state index contributed by atoms with van der Waals surface area (Å²) < 4.78 is 28.3. The predicted octanol–water partition coefficient (Wildman–Crippen LogP) is 5.01. The number of anilines is 5. The van der Waals surface area contributed by atoms with E-state index in [1.54, 1.807) is 28.7 Å². The van der Waals surface area contributed by atoms with E-state index in [0.29, 0.717) is 28.9 Å². The standard InChI is InChI=1S/C28H37N7O2S.ClH/c1-21-20-29-28(31-23-10-12-25(13-11-23)34-17-15-33(3)16-18-34)32-27(21)30-24-8-6-9-26(19-24)38(36,37)35-14-5-4-7-22(35)2;/h6,8-13,19-20,22H,4-5,7,14-18H2,1-3H3,(H2,29,30,31,32);1H. The summed E-state index contributed by atoms with van der Waals surface area (Å²) in [5.41, 5.74) is 3.64. The van der Waals surface area contributed by atoms with Crippen molar-refractivity contribution in [2.45, 2.75) is 44.0 Å². The van der Waals surface area contributed by atoms with Gasteiger partial charge in [-0.1, -0.05) is 12.5 Å². The average molecular weight is 572 g/mol. The third-order valence-electron chi connectivity index (χ3n) is 7.41. The van der Waals surface area contributed by atoms with E-state index >= 15 is 0 Å². The van der Waals surface area contributed by atoms with Crippen LogP contribution in [0, 0.1) is 6.92 Å². The molecular formula is C28H38ClN7O2S. The molecule has 3 heterocycles. The monoisotopic (exact) mass is 571 g/mol. The third kappa shape index (κ3) is 6.81. The fraction of sp³-hybridized carbons (Fsp3) is 0.429. The Morgan fingerprint density at radius 2 is 1.67 bits per heavy atom. The zero-order valence-corrected chi connectivity index (χ0v) is 24.4. The van der Waals surface area contributed by atoms with Crippen molar-refractivity contribution in [1.29, 1.82) is 0 Å². The number of piperidine rings is 1. The fourth-order valence-electron chi connectivity index (χ4n) is 5.01. The van der Waals surface area contributed by atoms with Crippen molar-refractivity contribution in [3.8, 4) is 0 Å². The van der Waals surface area contributed by atoms with Gasteiger partial charge in [-0.3, -0.25) is 0 Å². The number of rotatable bonds is 7. The first-order chi connectivity index (χ1) is 18.3. The van der Waals surface area contributed by atoms with E-state index in [9.17, 15) is 8.42 Å². The van der Waals surface area contributed by atoms with Crippen LogP contribution in [-0.2, 0) is 10.0 Å². The van der Waals surface area contributed by atoms with Gasteiger partial charge in [0.25, 0.3) is 0 Å². The van der Waals surface area contributed by atoms with Crippen molar-refractivity contribution < 1.29 is 8.42 Å². The Bertz CT molecular complexity index is 1360. The van der Waals surface area contributed by atoms with Gasteiger partial charge in [0.1, 0.15) is 5.82 Å². The number of nitrogens with zero attached hydrogens (tertiary/aromatic N) is 5. The maximum atomic E-state index is 13.3. The van der Waals surface area contributed by atoms with Crippen LogP contribution in [-0.4, -0.2) is 73.4 Å². The molecule has 1 aromatic heterocycles. The highest BCUT2D eigenvalue weighted by atomic mass is 35.5. The normalized spacial score (nSPS) is 18.8. The summed E-state index contributed by atoms with van der Waals surface area (Å²) >= 11 is 0. The lowest BCUT2D eigenvalue weighted by molar-refractivity contribution is 0.268. The highest BCUT2D eigenvalue weighted by molar-refractivity contribution is 7.89. The zero-order valence-electron chi connectivity index (χ0n) is 22.8. The molecular weight excluding hydrogens is 534 g/mol. The smallest absolute Gasteiger partial charge is 0.243 e. The van der Waals surface area contributed by atoms with Crippen molar-refractivity contribution in [3.63, 3.8) is 0 Å². The van der Waals surface area contributed by atoms with Crippen molar-refractivity contribution in [2.24, 2.45) is 0 Å². The van der Waals surface area contributed by atoms with Crippen molar-refractivity contribution in [3.05, 3.63) is 60.3 Å². The SMILES string of the molecule is Cc1cnc(Nc2ccc(N3CCN(C)CC3)cc2)nc1Nc1cccc(S(=O)(=O)N2CCCCC2C)c1.Cl. The van der Waals surface area contributed by atoms with Crippen LogP contribution in [0.5, 0.6) is 0 Å². The summed E-state index contributed by atoms with van der Waals surface area (Å²) in [5, 5.41) is 6.58. The van der Waals surface area contributed by atoms with Crippen LogP contribution in [0.2, 0.25) is 0 Å². The first-order valence-corrected chi connectivity index (χ1v) is 14.8. The molecule has 2 fully saturated rings. The van der Waals surface area contributed by atoms with E-state index in [2.05, 4.69) is 49.6 Å². The molecule has 2 aliphatic rings. The Kier molecular flexibility index (Phi) is 9.32. The molecule has 210 valence electrons. The highest BCUT2D eigenvalue weighted by Gasteiger charge is 2.31. The Morgan fingerprint density at radius 1 is 0.923 bits per heavy atom. The van der Waals surface area contributed by atoms with Gasteiger partial charge < -0.3 is 20.4 Å². The van der Waals surface area contributed by atoms with E-state index in [4.69, 9.17) is 0 Å². The van der Waals surface area contributed by atoms with Crippen LogP contribution in [0.25, 0.3) is 0 Å². The second-order valence-electron chi connectivity index (χ2n) is 10.3. The third-order valence-corrected chi connectivity index (χ3v) is 9.42. The van der Waals surface area contributed by atoms with Crippen LogP contribution in [0.1, 0.15) is 31.7 Å². The van der Waals surface area contributed by atoms with Crippen molar-refractivity contribution in [2.75, 3.05) is 55.3 Å². The number of hydrogen-bond donors (Lipinski definition) is 2. The molecule has 0 saturated carbocycles. The first kappa shape index (κ1) is 29.1. The number of piperazine rings is 1. The second-order valence-corrected chi connectivity index (χ2v) is 12.2. The van der Waals surface area contributed by atoms with E-state index in [-0.39, 0.29) is 18.4 Å². The number of halogens is 1. The van der Waals surface area contributed by atoms with Gasteiger partial charge in [-0.05, 0) is 76.2 Å². The van der Waals surface area contributed by atoms with Crippen LogP contribution < -0.4 is 15.5 Å². The number of aromatic nitrogens is 2. The lowest BCUT2D eigenvalue weighted by atomic mass is 10.1. The Morgan fingerprint density at radius 3 is 2.38 bits per heavy atom. The molecule has 39 heavy (non-hydrogen) atoms. The number of aryl methyl sites for hydroxylation is 1. The minimum Gasteiger partial charge on any atom is -0.369 e. The number of benzene rings is 2. The summed E-state index contributed by atoms with van der Waals surface area (Å²) in [6.07, 6.45) is 4.62. The molecule has 2 saturated heterocycles. The van der Waals surface area contributed by atoms with Gasteiger partial charge in [-0.2, -0.15) is 9.29 Å². The topological polar surface area (TPSA) is 93.7 Å². The predicted molar refractivity (Wildman–Crippen MR) is 160 cm³/mol.